The Morgan fingerprint density at radius 3 is 2.46 bits per heavy atom. The number of sulfone groups is 1. The maximum atomic E-state index is 13.8. The number of imide groups is 1. The number of benzene rings is 2. The minimum absolute atomic E-state index is 0.0319. The molecule has 16 heteroatoms. The van der Waals surface area contributed by atoms with E-state index in [1.807, 2.05) is 30.3 Å². The second-order valence-electron chi connectivity index (χ2n) is 12.3. The van der Waals surface area contributed by atoms with Crippen LogP contribution in [0.3, 0.4) is 0 Å². The highest BCUT2D eigenvalue weighted by Crippen LogP contribution is 2.35. The molecule has 0 aliphatic carbocycles. The van der Waals surface area contributed by atoms with Crippen molar-refractivity contribution in [2.45, 2.75) is 49.3 Å². The highest BCUT2D eigenvalue weighted by molar-refractivity contribution is 7.90. The molecule has 0 unspecified atom stereocenters. The van der Waals surface area contributed by atoms with Gasteiger partial charge in [-0.15, -0.1) is 0 Å². The van der Waals surface area contributed by atoms with Crippen LogP contribution in [0.15, 0.2) is 78.1 Å². The lowest BCUT2D eigenvalue weighted by molar-refractivity contribution is -0.137. The van der Waals surface area contributed by atoms with Crippen molar-refractivity contribution in [2.24, 2.45) is 0 Å². The Labute approximate surface area is 287 Å². The van der Waals surface area contributed by atoms with E-state index in [0.717, 1.165) is 43.3 Å². The third-order valence-corrected chi connectivity index (χ3v) is 9.84. The Balaban J connectivity index is 1.07. The smallest absolute Gasteiger partial charge is 0.365 e. The van der Waals surface area contributed by atoms with Crippen LogP contribution in [0.25, 0.3) is 0 Å². The zero-order valence-electron chi connectivity index (χ0n) is 27.1. The van der Waals surface area contributed by atoms with Crippen molar-refractivity contribution in [3.63, 3.8) is 0 Å². The van der Waals surface area contributed by atoms with Gasteiger partial charge >= 0.3 is 12.2 Å². The number of anilines is 4. The SMILES string of the molecule is CS(=O)(=O)c1cccc(CNc2nc(Nc3ccc(C4CCN(Cc5ccncc5N5CCC(=O)NC5=O)CC4)cc3)ncc2C(F)(F)F)c1. The quantitative estimate of drug-likeness (QED) is 0.194. The number of piperidine rings is 1. The van der Waals surface area contributed by atoms with Gasteiger partial charge in [0.15, 0.2) is 9.84 Å². The summed E-state index contributed by atoms with van der Waals surface area (Å²) in [4.78, 5) is 40.2. The summed E-state index contributed by atoms with van der Waals surface area (Å²) in [6, 6.07) is 15.1. The van der Waals surface area contributed by atoms with Gasteiger partial charge in [-0.1, -0.05) is 24.3 Å². The Kier molecular flexibility index (Phi) is 10.0. The summed E-state index contributed by atoms with van der Waals surface area (Å²) >= 11 is 0. The van der Waals surface area contributed by atoms with Crippen LogP contribution < -0.4 is 20.9 Å². The molecule has 0 bridgehead atoms. The van der Waals surface area contributed by atoms with Crippen LogP contribution in [-0.4, -0.2) is 66.1 Å². The number of carbonyl (C=O) groups excluding carboxylic acids is 2. The van der Waals surface area contributed by atoms with Gasteiger partial charge in [0.1, 0.15) is 11.4 Å². The van der Waals surface area contributed by atoms with Crippen LogP contribution in [-0.2, 0) is 33.9 Å². The molecule has 0 radical (unpaired) electrons. The molecule has 2 aromatic heterocycles. The summed E-state index contributed by atoms with van der Waals surface area (Å²) in [5.41, 5.74) is 2.83. The van der Waals surface area contributed by atoms with Crippen molar-refractivity contribution in [2.75, 3.05) is 41.4 Å². The number of nitrogens with one attached hydrogen (secondary N) is 3. The number of hydrogen-bond donors (Lipinski definition) is 3. The normalized spacial score (nSPS) is 16.3. The lowest BCUT2D eigenvalue weighted by atomic mass is 9.89. The van der Waals surface area contributed by atoms with E-state index in [-0.39, 0.29) is 29.7 Å². The third-order valence-electron chi connectivity index (χ3n) is 8.73. The van der Waals surface area contributed by atoms with E-state index >= 15 is 0 Å². The standard InChI is InChI=1S/C34H35F3N8O4S/c1-50(48,49)27-4-2-3-22(17-27)18-39-31-28(34(35,36)37)19-40-32(43-31)41-26-7-5-23(6-8-26)24-10-14-44(15-11-24)21-25-9-13-38-20-29(25)45-16-12-30(46)42-33(45)47/h2-9,13,17,19-20,24H,10-12,14-16,18,21H2,1H3,(H,42,46,47)(H2,39,40,41,43). The van der Waals surface area contributed by atoms with Gasteiger partial charge in [0.05, 0.1) is 16.8 Å². The number of halogens is 3. The van der Waals surface area contributed by atoms with E-state index in [1.54, 1.807) is 23.4 Å². The topological polar surface area (TPSA) is 150 Å². The second kappa shape index (κ2) is 14.4. The predicted octanol–water partition coefficient (Wildman–Crippen LogP) is 5.48. The average molecular weight is 709 g/mol. The van der Waals surface area contributed by atoms with Gasteiger partial charge in [0, 0.05) is 50.4 Å². The zero-order valence-corrected chi connectivity index (χ0v) is 27.9. The molecule has 4 aromatic rings. The summed E-state index contributed by atoms with van der Waals surface area (Å²) in [6.45, 7) is 2.54. The van der Waals surface area contributed by atoms with E-state index in [0.29, 0.717) is 42.1 Å². The molecule has 2 aromatic carbocycles. The summed E-state index contributed by atoms with van der Waals surface area (Å²) < 4.78 is 65.1. The molecule has 2 aliphatic heterocycles. The van der Waals surface area contributed by atoms with Crippen LogP contribution in [0.4, 0.5) is 41.1 Å². The highest BCUT2D eigenvalue weighted by atomic mass is 32.2. The Hall–Kier alpha value is -5.09. The summed E-state index contributed by atoms with van der Waals surface area (Å²) in [5, 5.41) is 8.03. The second-order valence-corrected chi connectivity index (χ2v) is 14.3. The van der Waals surface area contributed by atoms with Crippen molar-refractivity contribution >= 4 is 44.9 Å². The van der Waals surface area contributed by atoms with Crippen LogP contribution in [0.2, 0.25) is 0 Å². The van der Waals surface area contributed by atoms with Gasteiger partial charge in [0.25, 0.3) is 0 Å². The molecule has 12 nitrogen and oxygen atoms in total. The fourth-order valence-corrected chi connectivity index (χ4v) is 6.77. The number of hydrogen-bond acceptors (Lipinski definition) is 10. The van der Waals surface area contributed by atoms with E-state index in [2.05, 4.69) is 35.8 Å². The number of carbonyl (C=O) groups is 2. The number of aromatic nitrogens is 3. The molecule has 2 saturated heterocycles. The van der Waals surface area contributed by atoms with Crippen molar-refractivity contribution in [3.8, 4) is 0 Å². The maximum absolute atomic E-state index is 13.8. The number of urea groups is 1. The average Bonchev–Trinajstić information content (AvgIpc) is 3.08. The zero-order chi connectivity index (χ0) is 35.5. The number of amides is 3. The summed E-state index contributed by atoms with van der Waals surface area (Å²) in [7, 11) is -3.48. The van der Waals surface area contributed by atoms with Gasteiger partial charge in [-0.25, -0.2) is 18.2 Å². The fourth-order valence-electron chi connectivity index (χ4n) is 6.07. The van der Waals surface area contributed by atoms with E-state index in [4.69, 9.17) is 0 Å². The van der Waals surface area contributed by atoms with Gasteiger partial charge < -0.3 is 10.6 Å². The largest absolute Gasteiger partial charge is 0.421 e. The molecule has 0 atom stereocenters. The van der Waals surface area contributed by atoms with Crippen LogP contribution in [0, 0.1) is 0 Å². The minimum atomic E-state index is -4.71. The first kappa shape index (κ1) is 34.8. The van der Waals surface area contributed by atoms with Crippen LogP contribution in [0.5, 0.6) is 0 Å². The van der Waals surface area contributed by atoms with Crippen molar-refractivity contribution in [1.29, 1.82) is 0 Å². The fraction of sp³-hybridized carbons (Fsp3) is 0.324. The molecule has 4 heterocycles. The lowest BCUT2D eigenvalue weighted by Gasteiger charge is -2.34. The molecule has 3 amide bonds. The maximum Gasteiger partial charge on any atom is 0.421 e. The molecule has 2 fully saturated rings. The van der Waals surface area contributed by atoms with Gasteiger partial charge in [0.2, 0.25) is 11.9 Å². The number of nitrogens with zero attached hydrogens (tertiary/aromatic N) is 5. The molecule has 0 saturated carbocycles. The minimum Gasteiger partial charge on any atom is -0.365 e. The number of rotatable bonds is 10. The molecular formula is C34H35F3N8O4S. The lowest BCUT2D eigenvalue weighted by Crippen LogP contribution is -2.50. The predicted molar refractivity (Wildman–Crippen MR) is 181 cm³/mol. The van der Waals surface area contributed by atoms with Crippen molar-refractivity contribution in [1.82, 2.24) is 25.2 Å². The van der Waals surface area contributed by atoms with Crippen molar-refractivity contribution < 1.29 is 31.2 Å². The molecule has 0 spiro atoms. The Bertz CT molecular complexity index is 1990. The molecule has 50 heavy (non-hydrogen) atoms. The van der Waals surface area contributed by atoms with Gasteiger partial charge in [-0.05, 0) is 78.9 Å². The molecule has 262 valence electrons. The van der Waals surface area contributed by atoms with Crippen LogP contribution >= 0.6 is 0 Å². The van der Waals surface area contributed by atoms with E-state index < -0.39 is 33.4 Å². The first-order valence-corrected chi connectivity index (χ1v) is 17.8. The Morgan fingerprint density at radius 1 is 1.00 bits per heavy atom. The third kappa shape index (κ3) is 8.37. The first-order chi connectivity index (χ1) is 23.8. The van der Waals surface area contributed by atoms with E-state index in [1.165, 1.54) is 18.2 Å². The first-order valence-electron chi connectivity index (χ1n) is 15.9. The monoisotopic (exact) mass is 708 g/mol. The molecular weight excluding hydrogens is 673 g/mol. The number of pyridine rings is 1. The molecule has 2 aliphatic rings. The molecule has 3 N–H and O–H groups in total. The van der Waals surface area contributed by atoms with Crippen LogP contribution in [0.1, 0.15) is 47.4 Å². The Morgan fingerprint density at radius 2 is 1.76 bits per heavy atom. The van der Waals surface area contributed by atoms with E-state index in [9.17, 15) is 31.2 Å². The number of alkyl halides is 3. The van der Waals surface area contributed by atoms with Gasteiger partial charge in [-0.3, -0.25) is 24.9 Å². The highest BCUT2D eigenvalue weighted by Gasteiger charge is 2.35. The van der Waals surface area contributed by atoms with Crippen molar-refractivity contribution in [3.05, 3.63) is 95.4 Å². The summed E-state index contributed by atoms with van der Waals surface area (Å²) in [6.07, 6.45) is 2.48. The summed E-state index contributed by atoms with van der Waals surface area (Å²) in [5.74, 6) is -0.437. The molecule has 6 rings (SSSR count). The van der Waals surface area contributed by atoms with Gasteiger partial charge in [-0.2, -0.15) is 18.2 Å². The number of likely N-dealkylation sites (tertiary alicyclic amines) is 1.